The summed E-state index contributed by atoms with van der Waals surface area (Å²) in [6.07, 6.45) is -1.11. The fourth-order valence-corrected chi connectivity index (χ4v) is 2.25. The molecule has 0 unspecified atom stereocenters. The van der Waals surface area contributed by atoms with Crippen LogP contribution in [0.25, 0.3) is 0 Å². The van der Waals surface area contributed by atoms with Crippen molar-refractivity contribution in [1.29, 1.82) is 0 Å². The number of hydrogen-bond donors (Lipinski definition) is 1. The van der Waals surface area contributed by atoms with E-state index in [2.05, 4.69) is 21.2 Å². The Balaban J connectivity index is 2.03. The van der Waals surface area contributed by atoms with Crippen molar-refractivity contribution in [3.63, 3.8) is 0 Å². The van der Waals surface area contributed by atoms with Gasteiger partial charge in [-0.15, -0.1) is 0 Å². The lowest BCUT2D eigenvalue weighted by molar-refractivity contribution is -0.123. The van der Waals surface area contributed by atoms with Gasteiger partial charge in [0, 0.05) is 4.47 Å². The summed E-state index contributed by atoms with van der Waals surface area (Å²) in [7, 11) is 0. The van der Waals surface area contributed by atoms with Crippen LogP contribution < -0.4 is 5.32 Å². The van der Waals surface area contributed by atoms with Gasteiger partial charge in [-0.25, -0.2) is 9.18 Å². The van der Waals surface area contributed by atoms with E-state index in [9.17, 15) is 14.0 Å². The SMILES string of the molecule is C[C@H](OC(=O)c1ccc(Br)cc1F)C(=O)Nc1ccccc1Cl. The van der Waals surface area contributed by atoms with Crippen LogP contribution in [0.15, 0.2) is 46.9 Å². The molecule has 0 saturated heterocycles. The van der Waals surface area contributed by atoms with Crippen molar-refractivity contribution in [2.24, 2.45) is 0 Å². The van der Waals surface area contributed by atoms with Crippen LogP contribution in [0.5, 0.6) is 0 Å². The lowest BCUT2D eigenvalue weighted by Crippen LogP contribution is -2.30. The molecule has 4 nitrogen and oxygen atoms in total. The Labute approximate surface area is 145 Å². The van der Waals surface area contributed by atoms with Crippen molar-refractivity contribution < 1.29 is 18.7 Å². The predicted molar refractivity (Wildman–Crippen MR) is 89.1 cm³/mol. The van der Waals surface area contributed by atoms with Gasteiger partial charge in [-0.3, -0.25) is 4.79 Å². The lowest BCUT2D eigenvalue weighted by atomic mass is 10.2. The second-order valence-electron chi connectivity index (χ2n) is 4.64. The van der Waals surface area contributed by atoms with E-state index in [1.807, 2.05) is 0 Å². The van der Waals surface area contributed by atoms with E-state index < -0.39 is 23.8 Å². The summed E-state index contributed by atoms with van der Waals surface area (Å²) in [5.74, 6) is -2.22. The first-order valence-electron chi connectivity index (χ1n) is 6.60. The smallest absolute Gasteiger partial charge is 0.341 e. The maximum atomic E-state index is 13.7. The molecule has 2 rings (SSSR count). The van der Waals surface area contributed by atoms with Gasteiger partial charge in [-0.1, -0.05) is 39.7 Å². The van der Waals surface area contributed by atoms with E-state index in [4.69, 9.17) is 16.3 Å². The van der Waals surface area contributed by atoms with Crippen molar-refractivity contribution in [2.45, 2.75) is 13.0 Å². The fraction of sp³-hybridized carbons (Fsp3) is 0.125. The molecule has 1 N–H and O–H groups in total. The van der Waals surface area contributed by atoms with E-state index in [1.165, 1.54) is 19.1 Å². The molecule has 0 fully saturated rings. The number of amides is 1. The number of carbonyl (C=O) groups is 2. The number of esters is 1. The zero-order valence-electron chi connectivity index (χ0n) is 12.0. The Morgan fingerprint density at radius 2 is 1.96 bits per heavy atom. The first-order chi connectivity index (χ1) is 10.9. The molecule has 0 radical (unpaired) electrons. The summed E-state index contributed by atoms with van der Waals surface area (Å²) in [4.78, 5) is 23.9. The molecule has 1 atom stereocenters. The molecule has 0 aliphatic rings. The van der Waals surface area contributed by atoms with E-state index in [0.29, 0.717) is 15.2 Å². The van der Waals surface area contributed by atoms with Crippen LogP contribution in [0.1, 0.15) is 17.3 Å². The summed E-state index contributed by atoms with van der Waals surface area (Å²) >= 11 is 9.03. The van der Waals surface area contributed by atoms with Gasteiger partial charge in [0.25, 0.3) is 5.91 Å². The van der Waals surface area contributed by atoms with E-state index in [-0.39, 0.29) is 5.56 Å². The Kier molecular flexibility index (Phi) is 5.74. The van der Waals surface area contributed by atoms with Crippen LogP contribution in [0.2, 0.25) is 5.02 Å². The first kappa shape index (κ1) is 17.4. The Morgan fingerprint density at radius 3 is 2.61 bits per heavy atom. The van der Waals surface area contributed by atoms with Crippen molar-refractivity contribution in [3.8, 4) is 0 Å². The van der Waals surface area contributed by atoms with Gasteiger partial charge in [-0.05, 0) is 37.3 Å². The highest BCUT2D eigenvalue weighted by Gasteiger charge is 2.21. The van der Waals surface area contributed by atoms with Crippen molar-refractivity contribution >= 4 is 45.1 Å². The molecule has 0 aromatic heterocycles. The Morgan fingerprint density at radius 1 is 1.26 bits per heavy atom. The summed E-state index contributed by atoms with van der Waals surface area (Å²) in [6, 6.07) is 10.6. The maximum absolute atomic E-state index is 13.7. The molecule has 2 aromatic rings. The zero-order valence-corrected chi connectivity index (χ0v) is 14.3. The largest absolute Gasteiger partial charge is 0.449 e. The van der Waals surface area contributed by atoms with E-state index >= 15 is 0 Å². The van der Waals surface area contributed by atoms with Crippen LogP contribution in [0.4, 0.5) is 10.1 Å². The van der Waals surface area contributed by atoms with Gasteiger partial charge in [-0.2, -0.15) is 0 Å². The number of para-hydroxylation sites is 1. The van der Waals surface area contributed by atoms with Gasteiger partial charge in [0.2, 0.25) is 0 Å². The average molecular weight is 401 g/mol. The molecular weight excluding hydrogens is 389 g/mol. The lowest BCUT2D eigenvalue weighted by Gasteiger charge is -2.14. The molecular formula is C16H12BrClFNO3. The second-order valence-corrected chi connectivity index (χ2v) is 5.96. The zero-order chi connectivity index (χ0) is 17.0. The Bertz CT molecular complexity index is 754. The van der Waals surface area contributed by atoms with Gasteiger partial charge >= 0.3 is 5.97 Å². The average Bonchev–Trinajstić information content (AvgIpc) is 2.49. The standard InChI is InChI=1S/C16H12BrClFNO3/c1-9(15(21)20-14-5-3-2-4-12(14)18)23-16(22)11-7-6-10(17)8-13(11)19/h2-9H,1H3,(H,20,21)/t9-/m0/s1. The molecule has 23 heavy (non-hydrogen) atoms. The van der Waals surface area contributed by atoms with Gasteiger partial charge in [0.15, 0.2) is 6.10 Å². The Hall–Kier alpha value is -1.92. The number of carbonyl (C=O) groups excluding carboxylic acids is 2. The molecule has 1 amide bonds. The van der Waals surface area contributed by atoms with Crippen LogP contribution in [-0.2, 0) is 9.53 Å². The number of rotatable bonds is 4. The molecule has 0 spiro atoms. The minimum atomic E-state index is -1.11. The third-order valence-electron chi connectivity index (χ3n) is 2.94. The molecule has 0 aliphatic carbocycles. The summed E-state index contributed by atoms with van der Waals surface area (Å²) in [5, 5.41) is 2.90. The highest BCUT2D eigenvalue weighted by molar-refractivity contribution is 9.10. The van der Waals surface area contributed by atoms with E-state index in [0.717, 1.165) is 6.07 Å². The van der Waals surface area contributed by atoms with Crippen molar-refractivity contribution in [1.82, 2.24) is 0 Å². The van der Waals surface area contributed by atoms with Crippen LogP contribution in [-0.4, -0.2) is 18.0 Å². The number of hydrogen-bond acceptors (Lipinski definition) is 3. The minimum Gasteiger partial charge on any atom is -0.449 e. The third kappa shape index (κ3) is 4.53. The first-order valence-corrected chi connectivity index (χ1v) is 7.77. The quantitative estimate of drug-likeness (QED) is 0.773. The number of nitrogens with one attached hydrogen (secondary N) is 1. The van der Waals surface area contributed by atoms with Crippen LogP contribution in [0, 0.1) is 5.82 Å². The normalized spacial score (nSPS) is 11.7. The highest BCUT2D eigenvalue weighted by Crippen LogP contribution is 2.21. The summed E-state index contributed by atoms with van der Waals surface area (Å²) < 4.78 is 19.2. The summed E-state index contributed by atoms with van der Waals surface area (Å²) in [5.41, 5.74) is 0.155. The monoisotopic (exact) mass is 399 g/mol. The maximum Gasteiger partial charge on any atom is 0.341 e. The molecule has 0 heterocycles. The van der Waals surface area contributed by atoms with Crippen LogP contribution >= 0.6 is 27.5 Å². The fourth-order valence-electron chi connectivity index (χ4n) is 1.73. The summed E-state index contributed by atoms with van der Waals surface area (Å²) in [6.45, 7) is 1.39. The topological polar surface area (TPSA) is 55.4 Å². The van der Waals surface area contributed by atoms with Gasteiger partial charge in [0.05, 0.1) is 16.3 Å². The number of benzene rings is 2. The van der Waals surface area contributed by atoms with Crippen molar-refractivity contribution in [2.75, 3.05) is 5.32 Å². The van der Waals surface area contributed by atoms with Gasteiger partial charge < -0.3 is 10.1 Å². The second kappa shape index (κ2) is 7.57. The molecule has 7 heteroatoms. The molecule has 0 saturated carbocycles. The number of ether oxygens (including phenoxy) is 1. The number of anilines is 1. The molecule has 0 aliphatic heterocycles. The van der Waals surface area contributed by atoms with Crippen molar-refractivity contribution in [3.05, 3.63) is 63.3 Å². The van der Waals surface area contributed by atoms with Gasteiger partial charge in [0.1, 0.15) is 5.82 Å². The number of halogens is 3. The molecule has 120 valence electrons. The van der Waals surface area contributed by atoms with E-state index in [1.54, 1.807) is 24.3 Å². The van der Waals surface area contributed by atoms with Crippen LogP contribution in [0.3, 0.4) is 0 Å². The molecule has 2 aromatic carbocycles. The minimum absolute atomic E-state index is 0.245. The third-order valence-corrected chi connectivity index (χ3v) is 3.76. The molecule has 0 bridgehead atoms. The highest BCUT2D eigenvalue weighted by atomic mass is 79.9. The predicted octanol–water partition coefficient (Wildman–Crippen LogP) is 4.43.